The zero-order valence-electron chi connectivity index (χ0n) is 32.8. The van der Waals surface area contributed by atoms with Crippen LogP contribution in [0.25, 0.3) is 0 Å². The third kappa shape index (κ3) is 10.6. The van der Waals surface area contributed by atoms with E-state index < -0.39 is 11.7 Å². The van der Waals surface area contributed by atoms with Crippen LogP contribution in [0.2, 0.25) is 0 Å². The number of benzene rings is 2. The molecule has 0 saturated heterocycles. The summed E-state index contributed by atoms with van der Waals surface area (Å²) in [5.41, 5.74) is 4.06. The number of aryl methyl sites for hydroxylation is 4. The van der Waals surface area contributed by atoms with Gasteiger partial charge in [0.25, 0.3) is 11.8 Å². The van der Waals surface area contributed by atoms with E-state index >= 15 is 4.39 Å². The van der Waals surface area contributed by atoms with Crippen LogP contribution in [0.5, 0.6) is 17.2 Å². The van der Waals surface area contributed by atoms with E-state index in [1.165, 1.54) is 38.7 Å². The minimum atomic E-state index is -0.640. The molecular formula is C40H42FN13O5. The average molecular weight is 804 g/mol. The third-order valence-corrected chi connectivity index (χ3v) is 8.96. The molecule has 19 heteroatoms. The Bertz CT molecular complexity index is 2430. The molecule has 0 atom stereocenters. The van der Waals surface area contributed by atoms with Gasteiger partial charge < -0.3 is 35.5 Å². The summed E-state index contributed by atoms with van der Waals surface area (Å²) in [6, 6.07) is 8.18. The van der Waals surface area contributed by atoms with Gasteiger partial charge in [-0.05, 0) is 61.6 Å². The Balaban J connectivity index is 0.960. The van der Waals surface area contributed by atoms with Crippen molar-refractivity contribution in [1.29, 1.82) is 5.26 Å². The van der Waals surface area contributed by atoms with Crippen LogP contribution >= 0.6 is 0 Å². The maximum absolute atomic E-state index is 15.2. The molecule has 0 radical (unpaired) electrons. The number of hydrogen-bond acceptors (Lipinski definition) is 14. The van der Waals surface area contributed by atoms with Crippen molar-refractivity contribution in [3.63, 3.8) is 0 Å². The maximum atomic E-state index is 15.2. The molecule has 6 aromatic rings. The number of amides is 2. The predicted octanol–water partition coefficient (Wildman–Crippen LogP) is 4.74. The molecule has 4 aromatic heterocycles. The number of aromatic nitrogens is 8. The fraction of sp³-hybridized carbons (Fsp3) is 0.275. The number of carbonyl (C=O) groups excluding carboxylic acids is 2. The highest BCUT2D eigenvalue weighted by Gasteiger charge is 2.18. The monoisotopic (exact) mass is 803 g/mol. The molecule has 6 rings (SSSR count). The number of ether oxygens (including phenoxy) is 3. The summed E-state index contributed by atoms with van der Waals surface area (Å²) in [4.78, 5) is 42.6. The van der Waals surface area contributed by atoms with Crippen LogP contribution < -0.4 is 35.5 Å². The number of nitrogens with one attached hydrogen (secondary N) is 4. The van der Waals surface area contributed by atoms with Crippen molar-refractivity contribution in [3.8, 4) is 23.3 Å². The molecule has 0 aliphatic rings. The van der Waals surface area contributed by atoms with E-state index in [-0.39, 0.29) is 29.4 Å². The largest absolute Gasteiger partial charge is 0.495 e. The van der Waals surface area contributed by atoms with Gasteiger partial charge >= 0.3 is 0 Å². The number of hydrogen-bond donors (Lipinski definition) is 4. The van der Waals surface area contributed by atoms with Crippen molar-refractivity contribution in [3.05, 3.63) is 113 Å². The van der Waals surface area contributed by atoms with Crippen molar-refractivity contribution in [2.45, 2.75) is 45.9 Å². The summed E-state index contributed by atoms with van der Waals surface area (Å²) in [5.74, 6) is -0.0354. The molecule has 59 heavy (non-hydrogen) atoms. The van der Waals surface area contributed by atoms with Gasteiger partial charge in [0.2, 0.25) is 11.9 Å². The number of carbonyl (C=O) groups is 2. The van der Waals surface area contributed by atoms with E-state index in [9.17, 15) is 14.9 Å². The van der Waals surface area contributed by atoms with E-state index in [0.29, 0.717) is 78.1 Å². The molecule has 0 bridgehead atoms. The van der Waals surface area contributed by atoms with Gasteiger partial charge in [-0.2, -0.15) is 15.5 Å². The van der Waals surface area contributed by atoms with Crippen LogP contribution in [-0.2, 0) is 32.5 Å². The molecule has 0 aliphatic heterocycles. The number of anilines is 4. The molecule has 304 valence electrons. The highest BCUT2D eigenvalue weighted by atomic mass is 19.1. The molecular weight excluding hydrogens is 762 g/mol. The average Bonchev–Trinajstić information content (AvgIpc) is 3.93. The number of methoxy groups -OCH3 is 2. The lowest BCUT2D eigenvalue weighted by molar-refractivity contribution is 0.0947. The first-order valence-corrected chi connectivity index (χ1v) is 18.5. The maximum Gasteiger partial charge on any atom is 0.251 e. The summed E-state index contributed by atoms with van der Waals surface area (Å²) in [7, 11) is 4.33. The Morgan fingerprint density at radius 1 is 0.797 bits per heavy atom. The molecule has 0 unspecified atom stereocenters. The second-order valence-corrected chi connectivity index (χ2v) is 12.9. The number of halogens is 1. The Hall–Kier alpha value is -7.62. The topological polar surface area (TPSA) is 221 Å². The third-order valence-electron chi connectivity index (χ3n) is 8.96. The van der Waals surface area contributed by atoms with Crippen molar-refractivity contribution >= 4 is 35.1 Å². The van der Waals surface area contributed by atoms with Crippen LogP contribution in [0.1, 0.15) is 56.3 Å². The number of nitrogens with zero attached hydrogens (tertiary/aromatic N) is 9. The Labute approximate surface area is 338 Å². The van der Waals surface area contributed by atoms with Gasteiger partial charge in [0.05, 0.1) is 55.9 Å². The SMILES string of the molecule is CCn1cc(Nc2ncc(OCc3cc(C(=O)NCCCn4cc(Nc5ncc(CCc6cc(C(=O)NC)cc(OC)c6C#N)cn5)cn4)cc(OC)c3F)cn2)cn1. The molecule has 4 N–H and O–H groups in total. The van der Waals surface area contributed by atoms with Gasteiger partial charge in [-0.15, -0.1) is 0 Å². The Morgan fingerprint density at radius 2 is 1.41 bits per heavy atom. The predicted molar refractivity (Wildman–Crippen MR) is 213 cm³/mol. The normalized spacial score (nSPS) is 10.7. The summed E-state index contributed by atoms with van der Waals surface area (Å²) in [6.07, 6.45) is 14.8. The van der Waals surface area contributed by atoms with Crippen molar-refractivity contribution in [1.82, 2.24) is 50.1 Å². The van der Waals surface area contributed by atoms with Gasteiger partial charge in [-0.3, -0.25) is 19.0 Å². The van der Waals surface area contributed by atoms with Crippen molar-refractivity contribution in [2.24, 2.45) is 0 Å². The van der Waals surface area contributed by atoms with Crippen molar-refractivity contribution < 1.29 is 28.2 Å². The summed E-state index contributed by atoms with van der Waals surface area (Å²) >= 11 is 0. The second kappa shape index (κ2) is 19.5. The molecule has 2 amide bonds. The van der Waals surface area contributed by atoms with E-state index in [1.54, 1.807) is 59.5 Å². The first-order chi connectivity index (χ1) is 28.7. The van der Waals surface area contributed by atoms with Crippen LogP contribution in [0, 0.1) is 17.1 Å². The second-order valence-electron chi connectivity index (χ2n) is 12.9. The first kappa shape index (κ1) is 41.0. The summed E-state index contributed by atoms with van der Waals surface area (Å²) in [6.45, 7) is 3.35. The lowest BCUT2D eigenvalue weighted by Crippen LogP contribution is -2.25. The zero-order chi connectivity index (χ0) is 41.7. The van der Waals surface area contributed by atoms with Gasteiger partial charge in [0.1, 0.15) is 18.4 Å². The first-order valence-electron chi connectivity index (χ1n) is 18.5. The van der Waals surface area contributed by atoms with Gasteiger partial charge in [0, 0.05) is 68.2 Å². The summed E-state index contributed by atoms with van der Waals surface area (Å²) in [5, 5.41) is 29.9. The lowest BCUT2D eigenvalue weighted by atomic mass is 9.97. The molecule has 18 nitrogen and oxygen atoms in total. The minimum absolute atomic E-state index is 0.0881. The summed E-state index contributed by atoms with van der Waals surface area (Å²) < 4.78 is 34.9. The van der Waals surface area contributed by atoms with E-state index in [0.717, 1.165) is 17.8 Å². The van der Waals surface area contributed by atoms with E-state index in [2.05, 4.69) is 57.5 Å². The van der Waals surface area contributed by atoms with E-state index in [4.69, 9.17) is 14.2 Å². The molecule has 0 saturated carbocycles. The van der Waals surface area contributed by atoms with Crippen LogP contribution in [-0.4, -0.2) is 79.1 Å². The molecule has 2 aromatic carbocycles. The molecule has 4 heterocycles. The highest BCUT2D eigenvalue weighted by Crippen LogP contribution is 2.27. The van der Waals surface area contributed by atoms with Gasteiger partial charge in [-0.1, -0.05) is 0 Å². The molecule has 0 fully saturated rings. The van der Waals surface area contributed by atoms with Crippen LogP contribution in [0.3, 0.4) is 0 Å². The highest BCUT2D eigenvalue weighted by molar-refractivity contribution is 5.95. The van der Waals surface area contributed by atoms with E-state index in [1.807, 2.05) is 13.1 Å². The number of nitriles is 1. The van der Waals surface area contributed by atoms with Gasteiger partial charge in [0.15, 0.2) is 17.3 Å². The van der Waals surface area contributed by atoms with Crippen LogP contribution in [0.15, 0.2) is 73.8 Å². The number of rotatable bonds is 19. The fourth-order valence-electron chi connectivity index (χ4n) is 5.87. The van der Waals surface area contributed by atoms with Crippen LogP contribution in [0.4, 0.5) is 27.7 Å². The lowest BCUT2D eigenvalue weighted by Gasteiger charge is -2.13. The minimum Gasteiger partial charge on any atom is -0.495 e. The van der Waals surface area contributed by atoms with Gasteiger partial charge in [-0.25, -0.2) is 24.3 Å². The molecule has 0 aliphatic carbocycles. The zero-order valence-corrected chi connectivity index (χ0v) is 32.8. The quantitative estimate of drug-likeness (QED) is 0.0813. The Kier molecular flexibility index (Phi) is 13.6. The smallest absolute Gasteiger partial charge is 0.251 e. The Morgan fingerprint density at radius 3 is 2.03 bits per heavy atom. The molecule has 0 spiro atoms. The van der Waals surface area contributed by atoms with Crippen molar-refractivity contribution in [2.75, 3.05) is 38.4 Å². The standard InChI is InChI=1S/C40H42FN13O5/c1-5-53-22-30(18-49-53)51-40-47-20-32(21-48-40)59-24-29-12-28(14-35(58-4)36(29)41)38(56)44-9-6-10-54-23-31(19-50-54)52-39-45-16-25(17-46-39)7-8-26-11-27(37(55)43-2)13-34(57-3)33(26)15-42/h11-14,16-23H,5-10,24H2,1-4H3,(H,43,55)(H,44,56)(H,45,46,52)(H,47,48,51). The fourth-order valence-corrected chi connectivity index (χ4v) is 5.87.